The highest BCUT2D eigenvalue weighted by atomic mass is 16.5. The molecular weight excluding hydrogens is 486 g/mol. The lowest BCUT2D eigenvalue weighted by molar-refractivity contribution is -0.156. The van der Waals surface area contributed by atoms with Gasteiger partial charge in [0.05, 0.1) is 25.1 Å². The van der Waals surface area contributed by atoms with Crippen molar-refractivity contribution < 1.29 is 29.0 Å². The number of aliphatic hydroxyl groups excluding tert-OH is 1. The van der Waals surface area contributed by atoms with Gasteiger partial charge in [-0.3, -0.25) is 19.2 Å². The normalized spacial score (nSPS) is 16.0. The molecule has 2 rings (SSSR count). The van der Waals surface area contributed by atoms with Gasteiger partial charge in [-0.15, -0.1) is 13.2 Å². The van der Waals surface area contributed by atoms with Crippen molar-refractivity contribution in [3.05, 3.63) is 61.2 Å². The largest absolute Gasteiger partial charge is 0.461 e. The van der Waals surface area contributed by atoms with Crippen LogP contribution in [0.15, 0.2) is 55.6 Å². The fourth-order valence-electron chi connectivity index (χ4n) is 4.34. The molecule has 38 heavy (non-hydrogen) atoms. The molecule has 3 N–H and O–H groups in total. The molecule has 1 aromatic carbocycles. The van der Waals surface area contributed by atoms with Crippen LogP contribution in [0.3, 0.4) is 0 Å². The summed E-state index contributed by atoms with van der Waals surface area (Å²) in [7, 11) is 0. The van der Waals surface area contributed by atoms with Crippen LogP contribution in [-0.2, 0) is 30.3 Å². The van der Waals surface area contributed by atoms with Gasteiger partial charge >= 0.3 is 5.97 Å². The minimum Gasteiger partial charge on any atom is -0.461 e. The van der Waals surface area contributed by atoms with Crippen molar-refractivity contribution in [3.63, 3.8) is 0 Å². The number of hydrogen-bond donors (Lipinski definition) is 3. The lowest BCUT2D eigenvalue weighted by atomic mass is 10.0. The van der Waals surface area contributed by atoms with E-state index in [2.05, 4.69) is 23.8 Å². The molecule has 1 unspecified atom stereocenters. The number of rotatable bonds is 16. The number of amides is 3. The zero-order valence-corrected chi connectivity index (χ0v) is 22.3. The number of ether oxygens (including phenoxy) is 1. The minimum atomic E-state index is -1.05. The van der Waals surface area contributed by atoms with E-state index in [1.165, 1.54) is 6.08 Å². The number of nitrogens with one attached hydrogen (secondary N) is 2. The van der Waals surface area contributed by atoms with Crippen molar-refractivity contribution in [2.45, 2.75) is 57.6 Å². The van der Waals surface area contributed by atoms with Gasteiger partial charge in [-0.2, -0.15) is 0 Å². The van der Waals surface area contributed by atoms with Crippen LogP contribution in [0.25, 0.3) is 0 Å². The molecule has 0 aliphatic carbocycles. The van der Waals surface area contributed by atoms with Crippen LogP contribution in [0.4, 0.5) is 0 Å². The summed E-state index contributed by atoms with van der Waals surface area (Å²) in [6.45, 7) is 10.1. The number of likely N-dealkylation sites (tertiary alicyclic amines) is 1. The maximum atomic E-state index is 12.9. The molecule has 1 saturated heterocycles. The lowest BCUT2D eigenvalue weighted by Crippen LogP contribution is -2.48. The second-order valence-corrected chi connectivity index (χ2v) is 9.66. The Morgan fingerprint density at radius 3 is 2.32 bits per heavy atom. The Morgan fingerprint density at radius 1 is 1.05 bits per heavy atom. The first-order valence-electron chi connectivity index (χ1n) is 13.2. The van der Waals surface area contributed by atoms with Crippen LogP contribution >= 0.6 is 0 Å². The van der Waals surface area contributed by atoms with Crippen molar-refractivity contribution >= 4 is 23.7 Å². The van der Waals surface area contributed by atoms with E-state index < -0.39 is 41.8 Å². The summed E-state index contributed by atoms with van der Waals surface area (Å²) >= 11 is 0. The van der Waals surface area contributed by atoms with Gasteiger partial charge in [0.25, 0.3) is 0 Å². The molecule has 1 aromatic rings. The first-order chi connectivity index (χ1) is 18.3. The van der Waals surface area contributed by atoms with Crippen LogP contribution in [-0.4, -0.2) is 72.1 Å². The van der Waals surface area contributed by atoms with Crippen LogP contribution in [0, 0.1) is 11.8 Å². The fraction of sp³-hybridized carbons (Fsp3) is 0.517. The van der Waals surface area contributed by atoms with Crippen molar-refractivity contribution in [1.82, 2.24) is 15.5 Å². The summed E-state index contributed by atoms with van der Waals surface area (Å²) in [5, 5.41) is 15.1. The van der Waals surface area contributed by atoms with E-state index in [4.69, 9.17) is 4.74 Å². The summed E-state index contributed by atoms with van der Waals surface area (Å²) in [5.41, 5.74) is 0.948. The molecule has 0 saturated carbocycles. The smallest absolute Gasteiger partial charge is 0.310 e. The first-order valence-corrected chi connectivity index (χ1v) is 13.2. The van der Waals surface area contributed by atoms with Crippen LogP contribution < -0.4 is 10.6 Å². The van der Waals surface area contributed by atoms with Gasteiger partial charge in [0, 0.05) is 19.5 Å². The Morgan fingerprint density at radius 2 is 1.71 bits per heavy atom. The molecule has 9 nitrogen and oxygen atoms in total. The molecule has 208 valence electrons. The third-order valence-corrected chi connectivity index (χ3v) is 6.47. The molecule has 0 radical (unpaired) electrons. The average molecular weight is 528 g/mol. The van der Waals surface area contributed by atoms with Gasteiger partial charge in [-0.1, -0.05) is 42.5 Å². The van der Waals surface area contributed by atoms with Crippen LogP contribution in [0.2, 0.25) is 0 Å². The highest BCUT2D eigenvalue weighted by Crippen LogP contribution is 2.18. The summed E-state index contributed by atoms with van der Waals surface area (Å²) in [6.07, 6.45) is 5.24. The fourth-order valence-corrected chi connectivity index (χ4v) is 4.34. The van der Waals surface area contributed by atoms with Gasteiger partial charge in [0.1, 0.15) is 12.0 Å². The molecule has 4 atom stereocenters. The van der Waals surface area contributed by atoms with E-state index in [1.807, 2.05) is 30.3 Å². The Kier molecular flexibility index (Phi) is 13.3. The van der Waals surface area contributed by atoms with Crippen molar-refractivity contribution in [1.29, 1.82) is 0 Å². The Labute approximate surface area is 225 Å². The second-order valence-electron chi connectivity index (χ2n) is 9.66. The monoisotopic (exact) mass is 527 g/mol. The number of allylic oxidation sites excluding steroid dienone is 2. The summed E-state index contributed by atoms with van der Waals surface area (Å²) in [4.78, 5) is 52.7. The molecule has 3 amide bonds. The van der Waals surface area contributed by atoms with Gasteiger partial charge in [-0.05, 0) is 44.6 Å². The zero-order chi connectivity index (χ0) is 27.9. The van der Waals surface area contributed by atoms with Gasteiger partial charge < -0.3 is 25.4 Å². The van der Waals surface area contributed by atoms with Crippen molar-refractivity contribution in [3.8, 4) is 0 Å². The number of aliphatic hydroxyl groups is 1. The number of esters is 1. The van der Waals surface area contributed by atoms with Gasteiger partial charge in [0.15, 0.2) is 0 Å². The van der Waals surface area contributed by atoms with Crippen molar-refractivity contribution in [2.75, 3.05) is 26.2 Å². The van der Waals surface area contributed by atoms with E-state index in [0.29, 0.717) is 25.9 Å². The second kappa shape index (κ2) is 16.4. The zero-order valence-electron chi connectivity index (χ0n) is 22.3. The SMILES string of the molecule is C=CCC(C(=O)NC[C@H](C)OC(=O)[C@@H](CC=C)CC(=O)N1CCCC1)C(=O)N[C@@H](CO)Cc1ccccc1. The number of benzene rings is 1. The van der Waals surface area contributed by atoms with Crippen LogP contribution in [0.1, 0.15) is 44.6 Å². The molecular formula is C29H41N3O6. The molecule has 0 bridgehead atoms. The first kappa shape index (κ1) is 30.8. The third kappa shape index (κ3) is 10.1. The van der Waals surface area contributed by atoms with Crippen LogP contribution in [0.5, 0.6) is 0 Å². The molecule has 1 heterocycles. The number of carbonyl (C=O) groups is 4. The van der Waals surface area contributed by atoms with E-state index in [9.17, 15) is 24.3 Å². The maximum absolute atomic E-state index is 12.9. The molecule has 9 heteroatoms. The van der Waals surface area contributed by atoms with Gasteiger partial charge in [-0.25, -0.2) is 0 Å². The predicted molar refractivity (Wildman–Crippen MR) is 145 cm³/mol. The quantitative estimate of drug-likeness (QED) is 0.172. The van der Waals surface area contributed by atoms with E-state index in [1.54, 1.807) is 17.9 Å². The Hall–Kier alpha value is -3.46. The highest BCUT2D eigenvalue weighted by molar-refractivity contribution is 6.00. The lowest BCUT2D eigenvalue weighted by Gasteiger charge is -2.23. The molecule has 0 aromatic heterocycles. The number of hydrogen-bond acceptors (Lipinski definition) is 6. The number of carbonyl (C=O) groups excluding carboxylic acids is 4. The summed E-state index contributed by atoms with van der Waals surface area (Å²) in [6, 6.07) is 8.87. The molecule has 0 spiro atoms. The molecule has 1 fully saturated rings. The summed E-state index contributed by atoms with van der Waals surface area (Å²) in [5.74, 6) is -3.34. The van der Waals surface area contributed by atoms with E-state index in [-0.39, 0.29) is 31.9 Å². The summed E-state index contributed by atoms with van der Waals surface area (Å²) < 4.78 is 5.50. The average Bonchev–Trinajstić information content (AvgIpc) is 3.45. The molecule has 1 aliphatic rings. The minimum absolute atomic E-state index is 0.000178. The van der Waals surface area contributed by atoms with E-state index >= 15 is 0 Å². The standard InChI is InChI=1S/C29H41N3O6/c1-4-11-23(18-26(34)32-15-9-10-16-32)29(37)38-21(3)19-30-27(35)25(12-5-2)28(36)31-24(20-33)17-22-13-7-6-8-14-22/h4-8,13-14,21,23-25,33H,1-2,9-12,15-20H2,3H3,(H,30,35)(H,31,36)/t21-,23-,24+,25?/m0/s1. The highest BCUT2D eigenvalue weighted by Gasteiger charge is 2.29. The molecule has 1 aliphatic heterocycles. The Balaban J connectivity index is 1.88. The van der Waals surface area contributed by atoms with Crippen molar-refractivity contribution in [2.24, 2.45) is 11.8 Å². The topological polar surface area (TPSA) is 125 Å². The van der Waals surface area contributed by atoms with E-state index in [0.717, 1.165) is 18.4 Å². The Bertz CT molecular complexity index is 945. The number of nitrogens with zero attached hydrogens (tertiary/aromatic N) is 1. The maximum Gasteiger partial charge on any atom is 0.310 e. The predicted octanol–water partition coefficient (Wildman–Crippen LogP) is 2.15. The van der Waals surface area contributed by atoms with Gasteiger partial charge in [0.2, 0.25) is 17.7 Å². The third-order valence-electron chi connectivity index (χ3n) is 6.47.